The summed E-state index contributed by atoms with van der Waals surface area (Å²) in [6.07, 6.45) is 1.60. The van der Waals surface area contributed by atoms with E-state index in [4.69, 9.17) is 14.2 Å². The molecular weight excluding hydrogens is 421 g/mol. The standard InChI is InChI=1S/C27H28FNO4/c1-4-18-8-10-22(11-9-18)33-17-24-23-16-26(32-3)25(31-2)15-19(23)12-13-29(24)27(30)20-6-5-7-21(28)14-20/h5-11,14-16,24H,4,12-13,17H2,1-3H3/t24-/m0/s1. The summed E-state index contributed by atoms with van der Waals surface area (Å²) in [5, 5.41) is 0. The summed E-state index contributed by atoms with van der Waals surface area (Å²) >= 11 is 0. The first-order valence-electron chi connectivity index (χ1n) is 11.1. The molecule has 0 aliphatic carbocycles. The Labute approximate surface area is 193 Å². The molecule has 0 fully saturated rings. The van der Waals surface area contributed by atoms with Gasteiger partial charge >= 0.3 is 0 Å². The lowest BCUT2D eigenvalue weighted by atomic mass is 9.91. The lowest BCUT2D eigenvalue weighted by molar-refractivity contribution is 0.0589. The van der Waals surface area contributed by atoms with Crippen molar-refractivity contribution >= 4 is 5.91 Å². The summed E-state index contributed by atoms with van der Waals surface area (Å²) in [7, 11) is 3.19. The van der Waals surface area contributed by atoms with E-state index in [9.17, 15) is 9.18 Å². The predicted octanol–water partition coefficient (Wildman–Crippen LogP) is 5.22. The topological polar surface area (TPSA) is 48.0 Å². The second-order valence-corrected chi connectivity index (χ2v) is 7.99. The minimum absolute atomic E-state index is 0.232. The molecule has 1 amide bonds. The van der Waals surface area contributed by atoms with E-state index in [0.717, 1.165) is 23.3 Å². The molecule has 0 unspecified atom stereocenters. The molecule has 5 nitrogen and oxygen atoms in total. The van der Waals surface area contributed by atoms with E-state index in [0.29, 0.717) is 30.0 Å². The minimum atomic E-state index is -0.437. The molecule has 0 N–H and O–H groups in total. The number of aryl methyl sites for hydroxylation is 1. The van der Waals surface area contributed by atoms with E-state index in [-0.39, 0.29) is 18.6 Å². The van der Waals surface area contributed by atoms with Crippen LogP contribution in [0.15, 0.2) is 60.7 Å². The van der Waals surface area contributed by atoms with Crippen molar-refractivity contribution in [2.75, 3.05) is 27.4 Å². The van der Waals surface area contributed by atoms with Gasteiger partial charge in [-0.2, -0.15) is 0 Å². The quantitative estimate of drug-likeness (QED) is 0.496. The van der Waals surface area contributed by atoms with Gasteiger partial charge in [0.25, 0.3) is 5.91 Å². The molecule has 172 valence electrons. The highest BCUT2D eigenvalue weighted by atomic mass is 19.1. The van der Waals surface area contributed by atoms with Gasteiger partial charge in [-0.25, -0.2) is 4.39 Å². The maximum absolute atomic E-state index is 13.8. The molecule has 0 spiro atoms. The van der Waals surface area contributed by atoms with E-state index in [1.54, 1.807) is 31.3 Å². The van der Waals surface area contributed by atoms with Gasteiger partial charge in [-0.15, -0.1) is 0 Å². The fraction of sp³-hybridized carbons (Fsp3) is 0.296. The molecule has 0 bridgehead atoms. The van der Waals surface area contributed by atoms with Crippen LogP contribution < -0.4 is 14.2 Å². The first-order valence-corrected chi connectivity index (χ1v) is 11.1. The molecule has 33 heavy (non-hydrogen) atoms. The van der Waals surface area contributed by atoms with Crippen molar-refractivity contribution in [1.29, 1.82) is 0 Å². The van der Waals surface area contributed by atoms with Gasteiger partial charge in [-0.3, -0.25) is 4.79 Å². The molecule has 1 heterocycles. The lowest BCUT2D eigenvalue weighted by Gasteiger charge is -2.37. The molecule has 1 aliphatic heterocycles. The zero-order chi connectivity index (χ0) is 23.4. The molecule has 1 atom stereocenters. The van der Waals surface area contributed by atoms with Gasteiger partial charge in [0.2, 0.25) is 0 Å². The van der Waals surface area contributed by atoms with E-state index in [1.807, 2.05) is 36.4 Å². The number of methoxy groups -OCH3 is 2. The van der Waals surface area contributed by atoms with Crippen LogP contribution in [0.4, 0.5) is 4.39 Å². The summed E-state index contributed by atoms with van der Waals surface area (Å²) in [4.78, 5) is 15.1. The third kappa shape index (κ3) is 4.80. The van der Waals surface area contributed by atoms with Crippen LogP contribution in [0.25, 0.3) is 0 Å². The Morgan fingerprint density at radius 1 is 1.03 bits per heavy atom. The highest BCUT2D eigenvalue weighted by Gasteiger charge is 2.33. The maximum atomic E-state index is 13.8. The van der Waals surface area contributed by atoms with Crippen LogP contribution in [0.2, 0.25) is 0 Å². The van der Waals surface area contributed by atoms with Crippen LogP contribution in [-0.2, 0) is 12.8 Å². The number of hydrogen-bond acceptors (Lipinski definition) is 4. The van der Waals surface area contributed by atoms with Crippen LogP contribution in [0.1, 0.15) is 40.0 Å². The van der Waals surface area contributed by atoms with Crippen LogP contribution >= 0.6 is 0 Å². The zero-order valence-electron chi connectivity index (χ0n) is 19.1. The van der Waals surface area contributed by atoms with Crippen molar-refractivity contribution in [3.05, 3.63) is 88.7 Å². The highest BCUT2D eigenvalue weighted by Crippen LogP contribution is 2.39. The van der Waals surface area contributed by atoms with Crippen LogP contribution in [-0.4, -0.2) is 38.2 Å². The molecule has 0 saturated carbocycles. The summed E-state index contributed by atoms with van der Waals surface area (Å²) < 4.78 is 30.9. The van der Waals surface area contributed by atoms with Crippen molar-refractivity contribution < 1.29 is 23.4 Å². The first kappa shape index (κ1) is 22.6. The monoisotopic (exact) mass is 449 g/mol. The van der Waals surface area contributed by atoms with Gasteiger partial charge in [-0.1, -0.05) is 25.1 Å². The number of rotatable bonds is 7. The predicted molar refractivity (Wildman–Crippen MR) is 125 cm³/mol. The molecule has 6 heteroatoms. The number of carbonyl (C=O) groups excluding carboxylic acids is 1. The molecular formula is C27H28FNO4. The number of ether oxygens (including phenoxy) is 3. The smallest absolute Gasteiger partial charge is 0.254 e. The maximum Gasteiger partial charge on any atom is 0.254 e. The van der Waals surface area contributed by atoms with Crippen molar-refractivity contribution in [2.45, 2.75) is 25.8 Å². The van der Waals surface area contributed by atoms with Crippen molar-refractivity contribution in [1.82, 2.24) is 4.90 Å². The molecule has 1 aliphatic rings. The number of fused-ring (bicyclic) bond motifs is 1. The Morgan fingerprint density at radius 2 is 1.76 bits per heavy atom. The number of carbonyl (C=O) groups is 1. The number of hydrogen-bond donors (Lipinski definition) is 0. The molecule has 4 rings (SSSR count). The molecule has 3 aromatic carbocycles. The Balaban J connectivity index is 1.69. The Morgan fingerprint density at radius 3 is 2.42 bits per heavy atom. The van der Waals surface area contributed by atoms with Gasteiger partial charge < -0.3 is 19.1 Å². The summed E-state index contributed by atoms with van der Waals surface area (Å²) in [6, 6.07) is 17.2. The number of benzene rings is 3. The third-order valence-electron chi connectivity index (χ3n) is 6.07. The molecule has 0 aromatic heterocycles. The SMILES string of the molecule is CCc1ccc(OC[C@H]2c3cc(OC)c(OC)cc3CCN2C(=O)c2cccc(F)c2)cc1. The van der Waals surface area contributed by atoms with E-state index >= 15 is 0 Å². The zero-order valence-corrected chi connectivity index (χ0v) is 19.1. The second-order valence-electron chi connectivity index (χ2n) is 7.99. The number of nitrogens with zero attached hydrogens (tertiary/aromatic N) is 1. The lowest BCUT2D eigenvalue weighted by Crippen LogP contribution is -2.42. The van der Waals surface area contributed by atoms with Crippen molar-refractivity contribution in [3.8, 4) is 17.2 Å². The molecule has 0 radical (unpaired) electrons. The van der Waals surface area contributed by atoms with Crippen LogP contribution in [0, 0.1) is 5.82 Å². The Hall–Kier alpha value is -3.54. The van der Waals surface area contributed by atoms with Gasteiger partial charge in [0.1, 0.15) is 18.2 Å². The Kier molecular flexibility index (Phi) is 6.82. The summed E-state index contributed by atoms with van der Waals surface area (Å²) in [5.41, 5.74) is 3.56. The average molecular weight is 450 g/mol. The van der Waals surface area contributed by atoms with E-state index in [1.165, 1.54) is 17.7 Å². The van der Waals surface area contributed by atoms with Crippen molar-refractivity contribution in [2.24, 2.45) is 0 Å². The van der Waals surface area contributed by atoms with Gasteiger partial charge in [0, 0.05) is 12.1 Å². The largest absolute Gasteiger partial charge is 0.493 e. The number of amides is 1. The third-order valence-corrected chi connectivity index (χ3v) is 6.07. The van der Waals surface area contributed by atoms with Gasteiger partial charge in [-0.05, 0) is 72.0 Å². The Bertz CT molecular complexity index is 1130. The fourth-order valence-corrected chi connectivity index (χ4v) is 4.23. The summed E-state index contributed by atoms with van der Waals surface area (Å²) in [6.45, 7) is 2.85. The summed E-state index contributed by atoms with van der Waals surface area (Å²) in [5.74, 6) is 1.31. The van der Waals surface area contributed by atoms with Crippen LogP contribution in [0.3, 0.4) is 0 Å². The highest BCUT2D eigenvalue weighted by molar-refractivity contribution is 5.94. The van der Waals surface area contributed by atoms with E-state index < -0.39 is 5.82 Å². The van der Waals surface area contributed by atoms with Crippen LogP contribution in [0.5, 0.6) is 17.2 Å². The first-order chi connectivity index (χ1) is 16.0. The van der Waals surface area contributed by atoms with Gasteiger partial charge in [0.05, 0.1) is 20.3 Å². The normalized spacial score (nSPS) is 15.0. The number of halogens is 1. The molecule has 3 aromatic rings. The molecule has 0 saturated heterocycles. The van der Waals surface area contributed by atoms with Gasteiger partial charge in [0.15, 0.2) is 11.5 Å². The van der Waals surface area contributed by atoms with E-state index in [2.05, 4.69) is 6.92 Å². The minimum Gasteiger partial charge on any atom is -0.493 e. The fourth-order valence-electron chi connectivity index (χ4n) is 4.23. The van der Waals surface area contributed by atoms with Crippen molar-refractivity contribution in [3.63, 3.8) is 0 Å². The second kappa shape index (κ2) is 9.94. The average Bonchev–Trinajstić information content (AvgIpc) is 2.86.